The average molecular weight is 444 g/mol. The molecule has 0 heterocycles. The fourth-order valence-electron chi connectivity index (χ4n) is 3.65. The van der Waals surface area contributed by atoms with E-state index < -0.39 is 0 Å². The maximum absolute atomic E-state index is 11.6. The molecule has 0 saturated carbocycles. The summed E-state index contributed by atoms with van der Waals surface area (Å²) in [4.78, 5) is 11.6. The lowest BCUT2D eigenvalue weighted by Crippen LogP contribution is -2.26. The maximum Gasteiger partial charge on any atom is 0.407 e. The minimum atomic E-state index is -0.312. The number of unbranched alkanes of at least 4 members (excludes halogenated alkanes) is 16. The molecule has 186 valence electrons. The molecule has 0 saturated heterocycles. The van der Waals surface area contributed by atoms with Crippen molar-refractivity contribution in [2.24, 2.45) is 0 Å². The first-order valence-electron chi connectivity index (χ1n) is 13.3. The van der Waals surface area contributed by atoms with E-state index in [1.807, 2.05) is 0 Å². The molecule has 0 rings (SSSR count). The summed E-state index contributed by atoms with van der Waals surface area (Å²) in [6.07, 6.45) is 23.5. The molecule has 0 aliphatic heterocycles. The van der Waals surface area contributed by atoms with Crippen LogP contribution in [0.2, 0.25) is 0 Å². The Bertz CT molecular complexity index is 352. The number of rotatable bonds is 25. The number of nitrogens with one attached hydrogen (secondary N) is 1. The van der Waals surface area contributed by atoms with Crippen LogP contribution < -0.4 is 5.32 Å². The van der Waals surface area contributed by atoms with Crippen molar-refractivity contribution in [1.29, 1.82) is 0 Å². The molecule has 1 N–H and O–H groups in total. The van der Waals surface area contributed by atoms with Gasteiger partial charge in [-0.05, 0) is 12.8 Å². The van der Waals surface area contributed by atoms with Crippen LogP contribution in [0.5, 0.6) is 0 Å². The Morgan fingerprint density at radius 1 is 0.581 bits per heavy atom. The molecule has 0 aliphatic rings. The monoisotopic (exact) mass is 443 g/mol. The lowest BCUT2D eigenvalue weighted by molar-refractivity contribution is 0.0691. The second kappa shape index (κ2) is 27.2. The van der Waals surface area contributed by atoms with Crippen molar-refractivity contribution in [1.82, 2.24) is 5.32 Å². The average Bonchev–Trinajstić information content (AvgIpc) is 2.77. The number of hydrogen-bond acceptors (Lipinski definition) is 4. The second-order valence-electron chi connectivity index (χ2n) is 8.68. The molecule has 0 spiro atoms. The van der Waals surface area contributed by atoms with Gasteiger partial charge >= 0.3 is 6.09 Å². The van der Waals surface area contributed by atoms with Crippen LogP contribution in [0.25, 0.3) is 0 Å². The largest absolute Gasteiger partial charge is 0.450 e. The highest BCUT2D eigenvalue weighted by molar-refractivity contribution is 5.66. The normalized spacial score (nSPS) is 11.0. The van der Waals surface area contributed by atoms with Crippen molar-refractivity contribution in [3.63, 3.8) is 0 Å². The first-order valence-corrected chi connectivity index (χ1v) is 13.3. The molecule has 5 heteroatoms. The third-order valence-electron chi connectivity index (χ3n) is 5.65. The zero-order chi connectivity index (χ0) is 22.7. The summed E-state index contributed by atoms with van der Waals surface area (Å²) in [5.41, 5.74) is 0. The van der Waals surface area contributed by atoms with Crippen molar-refractivity contribution in [2.45, 2.75) is 122 Å². The Hall–Kier alpha value is -0.810. The van der Waals surface area contributed by atoms with Crippen LogP contribution in [0.1, 0.15) is 122 Å². The van der Waals surface area contributed by atoms with Gasteiger partial charge in [0.1, 0.15) is 0 Å². The highest BCUT2D eigenvalue weighted by Gasteiger charge is 2.01. The molecule has 31 heavy (non-hydrogen) atoms. The third-order valence-corrected chi connectivity index (χ3v) is 5.65. The van der Waals surface area contributed by atoms with Gasteiger partial charge in [-0.15, -0.1) is 0 Å². The lowest BCUT2D eigenvalue weighted by atomic mass is 10.0. The van der Waals surface area contributed by atoms with Crippen molar-refractivity contribution in [2.75, 3.05) is 40.1 Å². The number of alkyl carbamates (subject to hydrolysis) is 1. The van der Waals surface area contributed by atoms with Crippen molar-refractivity contribution < 1.29 is 19.0 Å². The Kier molecular flexibility index (Phi) is 26.5. The Morgan fingerprint density at radius 2 is 1.06 bits per heavy atom. The van der Waals surface area contributed by atoms with Gasteiger partial charge in [0.15, 0.2) is 0 Å². The van der Waals surface area contributed by atoms with E-state index in [0.717, 1.165) is 19.3 Å². The predicted molar refractivity (Wildman–Crippen MR) is 131 cm³/mol. The Labute approximate surface area is 193 Å². The highest BCUT2D eigenvalue weighted by Crippen LogP contribution is 2.14. The summed E-state index contributed by atoms with van der Waals surface area (Å²) in [5, 5.41) is 2.76. The van der Waals surface area contributed by atoms with E-state index >= 15 is 0 Å². The van der Waals surface area contributed by atoms with E-state index in [2.05, 4.69) is 12.2 Å². The zero-order valence-electron chi connectivity index (χ0n) is 20.9. The summed E-state index contributed by atoms with van der Waals surface area (Å²) < 4.78 is 15.4. The lowest BCUT2D eigenvalue weighted by Gasteiger charge is -2.07. The van der Waals surface area contributed by atoms with Crippen LogP contribution in [0.3, 0.4) is 0 Å². The fraction of sp³-hybridized carbons (Fsp3) is 0.962. The quantitative estimate of drug-likeness (QED) is 0.149. The van der Waals surface area contributed by atoms with E-state index in [-0.39, 0.29) is 6.09 Å². The van der Waals surface area contributed by atoms with Gasteiger partial charge in [0.05, 0.1) is 19.8 Å². The highest BCUT2D eigenvalue weighted by atomic mass is 16.5. The Balaban J connectivity index is 3.11. The maximum atomic E-state index is 11.6. The SMILES string of the molecule is CCCCCCCCCCCCCCCCCCCOC(=O)NCCCOCCOC. The van der Waals surface area contributed by atoms with E-state index in [1.54, 1.807) is 7.11 Å². The van der Waals surface area contributed by atoms with Gasteiger partial charge in [0.25, 0.3) is 0 Å². The van der Waals surface area contributed by atoms with Gasteiger partial charge < -0.3 is 19.5 Å². The van der Waals surface area contributed by atoms with E-state index in [4.69, 9.17) is 14.2 Å². The molecule has 0 aromatic rings. The molecule has 0 radical (unpaired) electrons. The first-order chi connectivity index (χ1) is 15.3. The summed E-state index contributed by atoms with van der Waals surface area (Å²) in [6, 6.07) is 0. The van der Waals surface area contributed by atoms with Crippen LogP contribution in [-0.4, -0.2) is 46.2 Å². The van der Waals surface area contributed by atoms with Crippen molar-refractivity contribution >= 4 is 6.09 Å². The zero-order valence-corrected chi connectivity index (χ0v) is 20.9. The molecule has 1 amide bonds. The van der Waals surface area contributed by atoms with Gasteiger partial charge in [-0.2, -0.15) is 0 Å². The van der Waals surface area contributed by atoms with Crippen LogP contribution in [0.15, 0.2) is 0 Å². The number of hydrogen-bond donors (Lipinski definition) is 1. The minimum Gasteiger partial charge on any atom is -0.450 e. The first kappa shape index (κ1) is 30.2. The summed E-state index contributed by atoms with van der Waals surface area (Å²) in [6.45, 7) is 5.22. The summed E-state index contributed by atoms with van der Waals surface area (Å²) >= 11 is 0. The number of ether oxygens (including phenoxy) is 3. The smallest absolute Gasteiger partial charge is 0.407 e. The molecular formula is C26H53NO4. The van der Waals surface area contributed by atoms with Crippen LogP contribution in [-0.2, 0) is 14.2 Å². The van der Waals surface area contributed by atoms with Gasteiger partial charge in [0, 0.05) is 20.3 Å². The second-order valence-corrected chi connectivity index (χ2v) is 8.68. The fourth-order valence-corrected chi connectivity index (χ4v) is 3.65. The number of carbonyl (C=O) groups excluding carboxylic acids is 1. The standard InChI is InChI=1S/C26H53NO4/c1-3-4-5-6-7-8-9-10-11-12-13-14-15-16-17-18-19-23-31-26(28)27-21-20-22-30-25-24-29-2/h3-25H2,1-2H3,(H,27,28). The molecule has 0 atom stereocenters. The number of carbonyl (C=O) groups is 1. The van der Waals surface area contributed by atoms with Gasteiger partial charge in [-0.25, -0.2) is 4.79 Å². The van der Waals surface area contributed by atoms with E-state index in [1.165, 1.54) is 96.3 Å². The third kappa shape index (κ3) is 27.2. The molecule has 0 unspecified atom stereocenters. The topological polar surface area (TPSA) is 56.8 Å². The van der Waals surface area contributed by atoms with Crippen LogP contribution in [0.4, 0.5) is 4.79 Å². The van der Waals surface area contributed by atoms with Crippen LogP contribution >= 0.6 is 0 Å². The molecule has 0 aromatic heterocycles. The van der Waals surface area contributed by atoms with Crippen molar-refractivity contribution in [3.8, 4) is 0 Å². The molecular weight excluding hydrogens is 390 g/mol. The molecule has 0 bridgehead atoms. The minimum absolute atomic E-state index is 0.312. The number of methoxy groups -OCH3 is 1. The Morgan fingerprint density at radius 3 is 1.55 bits per heavy atom. The molecule has 0 fully saturated rings. The van der Waals surface area contributed by atoms with Gasteiger partial charge in [0.2, 0.25) is 0 Å². The number of amides is 1. The van der Waals surface area contributed by atoms with Crippen molar-refractivity contribution in [3.05, 3.63) is 0 Å². The van der Waals surface area contributed by atoms with E-state index in [0.29, 0.717) is 33.0 Å². The summed E-state index contributed by atoms with van der Waals surface area (Å²) in [5.74, 6) is 0. The van der Waals surface area contributed by atoms with E-state index in [9.17, 15) is 4.79 Å². The van der Waals surface area contributed by atoms with Crippen LogP contribution in [0, 0.1) is 0 Å². The molecule has 0 aliphatic carbocycles. The molecule has 0 aromatic carbocycles. The molecule has 5 nitrogen and oxygen atoms in total. The predicted octanol–water partition coefficient (Wildman–Crippen LogP) is 7.42. The van der Waals surface area contributed by atoms with Gasteiger partial charge in [-0.1, -0.05) is 110 Å². The summed E-state index contributed by atoms with van der Waals surface area (Å²) in [7, 11) is 1.65. The van der Waals surface area contributed by atoms with Gasteiger partial charge in [-0.3, -0.25) is 0 Å².